The Kier molecular flexibility index (Phi) is 8.19. The first kappa shape index (κ1) is 15.7. The summed E-state index contributed by atoms with van der Waals surface area (Å²) in [6.45, 7) is 14.4. The molecule has 0 spiro atoms. The summed E-state index contributed by atoms with van der Waals surface area (Å²) in [6, 6.07) is 0. The van der Waals surface area contributed by atoms with E-state index in [2.05, 4.69) is 51.3 Å². The Balaban J connectivity index is 0.00000121. The summed E-state index contributed by atoms with van der Waals surface area (Å²) >= 11 is 0. The Morgan fingerprint density at radius 3 is 2.59 bits per heavy atom. The van der Waals surface area contributed by atoms with Gasteiger partial charge in [0.05, 0.1) is 0 Å². The monoisotopic (exact) mass is 230 g/mol. The lowest BCUT2D eigenvalue weighted by atomic mass is 9.98. The molecule has 0 N–H and O–H groups in total. The zero-order chi connectivity index (χ0) is 13.3. The van der Waals surface area contributed by atoms with E-state index in [1.165, 1.54) is 22.3 Å². The highest BCUT2D eigenvalue weighted by Crippen LogP contribution is 2.19. The molecule has 0 unspecified atom stereocenters. The van der Waals surface area contributed by atoms with Gasteiger partial charge in [0, 0.05) is 0 Å². The van der Waals surface area contributed by atoms with Gasteiger partial charge in [-0.2, -0.15) is 0 Å². The Hall–Kier alpha value is -1.26. The van der Waals surface area contributed by atoms with Crippen LogP contribution in [0.4, 0.5) is 0 Å². The van der Waals surface area contributed by atoms with Gasteiger partial charge in [0.25, 0.3) is 0 Å². The predicted octanol–water partition coefficient (Wildman–Crippen LogP) is 5.75. The summed E-state index contributed by atoms with van der Waals surface area (Å²) in [5, 5.41) is 0. The Bertz CT molecular complexity index is 369. The van der Waals surface area contributed by atoms with Crippen molar-refractivity contribution in [3.05, 3.63) is 52.8 Å². The highest BCUT2D eigenvalue weighted by molar-refractivity contribution is 5.36. The van der Waals surface area contributed by atoms with E-state index in [1.54, 1.807) is 0 Å². The van der Waals surface area contributed by atoms with Crippen LogP contribution in [0.5, 0.6) is 0 Å². The molecule has 0 saturated carbocycles. The van der Waals surface area contributed by atoms with E-state index in [4.69, 9.17) is 0 Å². The lowest BCUT2D eigenvalue weighted by Crippen LogP contribution is -1.88. The Morgan fingerprint density at radius 1 is 1.41 bits per heavy atom. The van der Waals surface area contributed by atoms with Crippen LogP contribution in [0.25, 0.3) is 0 Å². The summed E-state index contributed by atoms with van der Waals surface area (Å²) < 4.78 is 0. The minimum atomic E-state index is 0.974. The van der Waals surface area contributed by atoms with E-state index < -0.39 is 0 Å². The summed E-state index contributed by atoms with van der Waals surface area (Å²) in [5.74, 6) is 0. The van der Waals surface area contributed by atoms with Crippen molar-refractivity contribution < 1.29 is 0 Å². The predicted molar refractivity (Wildman–Crippen MR) is 79.1 cm³/mol. The Labute approximate surface area is 107 Å². The molecule has 94 valence electrons. The van der Waals surface area contributed by atoms with Crippen LogP contribution in [0.2, 0.25) is 0 Å². The molecule has 0 radical (unpaired) electrons. The normalized spacial score (nSPS) is 18.8. The minimum absolute atomic E-state index is 0.974. The van der Waals surface area contributed by atoms with Crippen molar-refractivity contribution in [3.63, 3.8) is 0 Å². The van der Waals surface area contributed by atoms with Gasteiger partial charge in [-0.25, -0.2) is 0 Å². The largest absolute Gasteiger partial charge is 0.121 e. The fourth-order valence-electron chi connectivity index (χ4n) is 1.61. The van der Waals surface area contributed by atoms with Gasteiger partial charge in [-0.3, -0.25) is 0 Å². The molecular formula is C17H26. The van der Waals surface area contributed by atoms with Crippen LogP contribution in [0.15, 0.2) is 52.8 Å². The standard InChI is InChI=1S/C15H20.C2H6/c1-5-14-7-6-8-15(11-12(2)3)13(4)9-10-14;1-2/h6,8-9H,2,5,7,11H2,1,3-4H3;1-2H3/b8-6?,15-13+;. The van der Waals surface area contributed by atoms with Crippen molar-refractivity contribution in [1.82, 2.24) is 0 Å². The van der Waals surface area contributed by atoms with Crippen LogP contribution in [-0.4, -0.2) is 0 Å². The van der Waals surface area contributed by atoms with E-state index in [0.29, 0.717) is 0 Å². The Morgan fingerprint density at radius 2 is 2.06 bits per heavy atom. The van der Waals surface area contributed by atoms with Crippen LogP contribution in [-0.2, 0) is 0 Å². The summed E-state index contributed by atoms with van der Waals surface area (Å²) in [7, 11) is 0. The molecular weight excluding hydrogens is 204 g/mol. The maximum Gasteiger partial charge on any atom is -0.00594 e. The minimum Gasteiger partial charge on any atom is -0.121 e. The van der Waals surface area contributed by atoms with Gasteiger partial charge < -0.3 is 0 Å². The fraction of sp³-hybridized carbons (Fsp3) is 0.471. The van der Waals surface area contributed by atoms with Crippen molar-refractivity contribution in [3.8, 4) is 0 Å². The van der Waals surface area contributed by atoms with Crippen LogP contribution in [0.1, 0.15) is 53.9 Å². The lowest BCUT2D eigenvalue weighted by molar-refractivity contribution is 1.03. The summed E-state index contributed by atoms with van der Waals surface area (Å²) in [5.41, 5.74) is 8.63. The molecule has 1 aliphatic rings. The molecule has 0 bridgehead atoms. The van der Waals surface area contributed by atoms with E-state index in [-0.39, 0.29) is 0 Å². The van der Waals surface area contributed by atoms with Crippen LogP contribution in [0.3, 0.4) is 0 Å². The zero-order valence-corrected chi connectivity index (χ0v) is 12.1. The van der Waals surface area contributed by atoms with E-state index in [0.717, 1.165) is 19.3 Å². The molecule has 0 aromatic rings. The van der Waals surface area contributed by atoms with Crippen molar-refractivity contribution in [2.45, 2.75) is 53.9 Å². The highest BCUT2D eigenvalue weighted by atomic mass is 14.1. The lowest BCUT2D eigenvalue weighted by Gasteiger charge is -2.07. The van der Waals surface area contributed by atoms with Crippen LogP contribution >= 0.6 is 0 Å². The summed E-state index contributed by atoms with van der Waals surface area (Å²) in [6.07, 6.45) is 9.67. The smallest absolute Gasteiger partial charge is 0.00594 e. The quantitative estimate of drug-likeness (QED) is 0.428. The molecule has 0 heterocycles. The third-order valence-electron chi connectivity index (χ3n) is 2.60. The summed E-state index contributed by atoms with van der Waals surface area (Å²) in [4.78, 5) is 0. The number of rotatable bonds is 3. The topological polar surface area (TPSA) is 0 Å². The zero-order valence-electron chi connectivity index (χ0n) is 12.1. The average Bonchev–Trinajstić information content (AvgIpc) is 2.31. The molecule has 1 aliphatic carbocycles. The van der Waals surface area contributed by atoms with Gasteiger partial charge in [0.1, 0.15) is 0 Å². The molecule has 0 nitrogen and oxygen atoms in total. The molecule has 0 aromatic heterocycles. The second-order valence-electron chi connectivity index (χ2n) is 4.19. The number of hydrogen-bond donors (Lipinski definition) is 0. The van der Waals surface area contributed by atoms with Crippen molar-refractivity contribution >= 4 is 0 Å². The van der Waals surface area contributed by atoms with Gasteiger partial charge in [-0.05, 0) is 55.9 Å². The molecule has 0 heteroatoms. The van der Waals surface area contributed by atoms with Crippen molar-refractivity contribution in [2.24, 2.45) is 0 Å². The molecule has 17 heavy (non-hydrogen) atoms. The van der Waals surface area contributed by atoms with Crippen molar-refractivity contribution in [2.75, 3.05) is 0 Å². The van der Waals surface area contributed by atoms with Crippen LogP contribution in [0, 0.1) is 0 Å². The SMILES string of the molecule is C=C(C)C/C1=C(\C)C=C=C(CC)CC=C1.CC. The first-order valence-electron chi connectivity index (χ1n) is 6.58. The third-order valence-corrected chi connectivity index (χ3v) is 2.60. The van der Waals surface area contributed by atoms with Gasteiger partial charge in [0.15, 0.2) is 0 Å². The maximum absolute atomic E-state index is 3.96. The molecule has 1 rings (SSSR count). The van der Waals surface area contributed by atoms with E-state index in [9.17, 15) is 0 Å². The molecule has 0 aliphatic heterocycles. The number of allylic oxidation sites excluding steroid dienone is 6. The number of hydrogen-bond acceptors (Lipinski definition) is 0. The fourth-order valence-corrected chi connectivity index (χ4v) is 1.61. The first-order valence-corrected chi connectivity index (χ1v) is 6.58. The second-order valence-corrected chi connectivity index (χ2v) is 4.19. The van der Waals surface area contributed by atoms with Gasteiger partial charge in [-0.1, -0.05) is 45.1 Å². The van der Waals surface area contributed by atoms with Gasteiger partial charge in [0.2, 0.25) is 0 Å². The van der Waals surface area contributed by atoms with E-state index >= 15 is 0 Å². The van der Waals surface area contributed by atoms with E-state index in [1.807, 2.05) is 13.8 Å². The third kappa shape index (κ3) is 6.14. The molecule has 0 amide bonds. The van der Waals surface area contributed by atoms with Gasteiger partial charge >= 0.3 is 0 Å². The maximum atomic E-state index is 3.96. The average molecular weight is 230 g/mol. The molecule has 0 fully saturated rings. The van der Waals surface area contributed by atoms with Gasteiger partial charge in [-0.15, -0.1) is 5.73 Å². The molecule has 0 atom stereocenters. The second kappa shape index (κ2) is 8.84. The van der Waals surface area contributed by atoms with Crippen molar-refractivity contribution in [1.29, 1.82) is 0 Å². The highest BCUT2D eigenvalue weighted by Gasteiger charge is 2.00. The first-order chi connectivity index (χ1) is 8.13. The van der Waals surface area contributed by atoms with Crippen LogP contribution < -0.4 is 0 Å². The molecule has 0 saturated heterocycles. The molecule has 0 aromatic carbocycles.